The van der Waals surface area contributed by atoms with Crippen molar-refractivity contribution in [3.8, 4) is 0 Å². The highest BCUT2D eigenvalue weighted by Crippen LogP contribution is 2.06. The van der Waals surface area contributed by atoms with Gasteiger partial charge in [-0.25, -0.2) is 4.79 Å². The van der Waals surface area contributed by atoms with Crippen molar-refractivity contribution in [2.45, 2.75) is 56.3 Å². The number of carbonyl (C=O) groups is 7. The number of amides is 4. The SMILES string of the molecule is CSCCC(NC(=O)C(N)CC(N)=O)C(=O)NC(CCC(=O)O)C(=O)NC(CC(=O)O)C(=O)O. The molecule has 0 saturated heterocycles. The molecular weight excluding hydrogens is 478 g/mol. The van der Waals surface area contributed by atoms with E-state index in [2.05, 4.69) is 10.6 Å². The van der Waals surface area contributed by atoms with Crippen LogP contribution in [0.1, 0.15) is 32.1 Å². The third-order valence-corrected chi connectivity index (χ3v) is 4.92. The number of aliphatic carboxylic acids is 3. The molecule has 0 aromatic carbocycles. The molecule has 0 spiro atoms. The minimum Gasteiger partial charge on any atom is -0.481 e. The fourth-order valence-corrected chi connectivity index (χ4v) is 3.02. The van der Waals surface area contributed by atoms with E-state index in [-0.39, 0.29) is 6.42 Å². The molecule has 0 aliphatic rings. The first-order valence-electron chi connectivity index (χ1n) is 9.88. The zero-order chi connectivity index (χ0) is 26.4. The lowest BCUT2D eigenvalue weighted by molar-refractivity contribution is -0.147. The first kappa shape index (κ1) is 30.6. The lowest BCUT2D eigenvalue weighted by atomic mass is 10.1. The van der Waals surface area contributed by atoms with Gasteiger partial charge in [-0.2, -0.15) is 11.8 Å². The number of carboxylic acids is 3. The van der Waals surface area contributed by atoms with Crippen molar-refractivity contribution in [1.82, 2.24) is 16.0 Å². The quantitative estimate of drug-likeness (QED) is 0.0968. The number of thioether (sulfide) groups is 1. The molecule has 0 radical (unpaired) electrons. The predicted octanol–water partition coefficient (Wildman–Crippen LogP) is -3.18. The lowest BCUT2D eigenvalue weighted by Crippen LogP contribution is -2.57. The number of nitrogens with one attached hydrogen (secondary N) is 3. The molecule has 0 saturated carbocycles. The Morgan fingerprint density at radius 1 is 0.765 bits per heavy atom. The van der Waals surface area contributed by atoms with Crippen LogP contribution < -0.4 is 27.4 Å². The van der Waals surface area contributed by atoms with Gasteiger partial charge in [0.2, 0.25) is 23.6 Å². The molecular formula is C18H29N5O10S. The van der Waals surface area contributed by atoms with Gasteiger partial charge >= 0.3 is 17.9 Å². The summed E-state index contributed by atoms with van der Waals surface area (Å²) >= 11 is 1.34. The molecule has 0 bridgehead atoms. The highest BCUT2D eigenvalue weighted by molar-refractivity contribution is 7.98. The van der Waals surface area contributed by atoms with Crippen LogP contribution in [0.4, 0.5) is 0 Å². The van der Waals surface area contributed by atoms with Crippen LogP contribution in [-0.2, 0) is 33.6 Å². The smallest absolute Gasteiger partial charge is 0.326 e. The average molecular weight is 508 g/mol. The summed E-state index contributed by atoms with van der Waals surface area (Å²) in [6.45, 7) is 0. The van der Waals surface area contributed by atoms with E-state index in [0.717, 1.165) is 0 Å². The Balaban J connectivity index is 5.56. The van der Waals surface area contributed by atoms with Crippen LogP contribution in [0.5, 0.6) is 0 Å². The summed E-state index contributed by atoms with van der Waals surface area (Å²) in [7, 11) is 0. The molecule has 4 amide bonds. The second kappa shape index (κ2) is 15.4. The van der Waals surface area contributed by atoms with E-state index >= 15 is 0 Å². The molecule has 4 unspecified atom stereocenters. The number of carbonyl (C=O) groups excluding carboxylic acids is 4. The third kappa shape index (κ3) is 12.6. The molecule has 0 aliphatic carbocycles. The second-order valence-corrected chi connectivity index (χ2v) is 8.10. The van der Waals surface area contributed by atoms with Gasteiger partial charge in [0.25, 0.3) is 0 Å². The molecule has 15 nitrogen and oxygen atoms in total. The van der Waals surface area contributed by atoms with Crippen LogP contribution in [-0.4, -0.2) is 93.0 Å². The second-order valence-electron chi connectivity index (χ2n) is 7.11. The number of nitrogens with two attached hydrogens (primary N) is 2. The van der Waals surface area contributed by atoms with Gasteiger partial charge in [-0.05, 0) is 24.9 Å². The molecule has 0 aromatic rings. The van der Waals surface area contributed by atoms with Crippen molar-refractivity contribution in [1.29, 1.82) is 0 Å². The van der Waals surface area contributed by atoms with Crippen LogP contribution in [0.25, 0.3) is 0 Å². The molecule has 34 heavy (non-hydrogen) atoms. The summed E-state index contributed by atoms with van der Waals surface area (Å²) in [5.74, 6) is -7.80. The summed E-state index contributed by atoms with van der Waals surface area (Å²) in [5.41, 5.74) is 10.6. The molecule has 16 heteroatoms. The van der Waals surface area contributed by atoms with Crippen LogP contribution in [0, 0.1) is 0 Å². The minimum atomic E-state index is -1.83. The molecule has 0 fully saturated rings. The van der Waals surface area contributed by atoms with E-state index in [1.165, 1.54) is 11.8 Å². The van der Waals surface area contributed by atoms with Crippen molar-refractivity contribution in [3.63, 3.8) is 0 Å². The third-order valence-electron chi connectivity index (χ3n) is 4.27. The van der Waals surface area contributed by atoms with E-state index in [0.29, 0.717) is 5.75 Å². The topological polar surface area (TPSA) is 268 Å². The first-order chi connectivity index (χ1) is 15.8. The summed E-state index contributed by atoms with van der Waals surface area (Å²) in [6.07, 6.45) is -0.659. The molecule has 192 valence electrons. The highest BCUT2D eigenvalue weighted by atomic mass is 32.2. The highest BCUT2D eigenvalue weighted by Gasteiger charge is 2.31. The van der Waals surface area contributed by atoms with E-state index in [4.69, 9.17) is 26.8 Å². The Bertz CT molecular complexity index is 793. The van der Waals surface area contributed by atoms with Crippen molar-refractivity contribution >= 4 is 53.3 Å². The van der Waals surface area contributed by atoms with Crippen LogP contribution in [0.3, 0.4) is 0 Å². The summed E-state index contributed by atoms with van der Waals surface area (Å²) in [4.78, 5) is 81.5. The Labute approximate surface area is 198 Å². The number of hydrogen-bond acceptors (Lipinski definition) is 9. The maximum atomic E-state index is 12.8. The van der Waals surface area contributed by atoms with Gasteiger partial charge in [-0.1, -0.05) is 0 Å². The molecule has 10 N–H and O–H groups in total. The molecule has 4 atom stereocenters. The molecule has 0 aromatic heterocycles. The fourth-order valence-electron chi connectivity index (χ4n) is 2.55. The first-order valence-corrected chi connectivity index (χ1v) is 11.3. The lowest BCUT2D eigenvalue weighted by Gasteiger charge is -2.24. The Morgan fingerprint density at radius 2 is 1.26 bits per heavy atom. The Kier molecular flexibility index (Phi) is 13.9. The fraction of sp³-hybridized carbons (Fsp3) is 0.611. The van der Waals surface area contributed by atoms with Crippen molar-refractivity contribution in [2.24, 2.45) is 11.5 Å². The largest absolute Gasteiger partial charge is 0.481 e. The monoisotopic (exact) mass is 507 g/mol. The van der Waals surface area contributed by atoms with Gasteiger partial charge in [0.05, 0.1) is 18.9 Å². The van der Waals surface area contributed by atoms with Gasteiger partial charge in [-0.15, -0.1) is 0 Å². The van der Waals surface area contributed by atoms with E-state index in [1.807, 2.05) is 5.32 Å². The molecule has 0 aliphatic heterocycles. The van der Waals surface area contributed by atoms with Gasteiger partial charge in [0.15, 0.2) is 0 Å². The molecule has 0 rings (SSSR count). The maximum Gasteiger partial charge on any atom is 0.326 e. The van der Waals surface area contributed by atoms with Crippen LogP contribution in [0.2, 0.25) is 0 Å². The average Bonchev–Trinajstić information content (AvgIpc) is 2.71. The standard InChI is InChI=1S/C18H29N5O10S/c1-34-5-4-10(21-15(29)8(19)6-12(20)24)17(31)22-9(2-3-13(25)26)16(30)23-11(18(32)33)7-14(27)28/h8-11H,2-7,19H2,1H3,(H2,20,24)(H,21,29)(H,22,31)(H,23,30)(H,25,26)(H,27,28)(H,32,33). The van der Waals surface area contributed by atoms with Crippen LogP contribution in [0.15, 0.2) is 0 Å². The minimum absolute atomic E-state index is 0.0755. The van der Waals surface area contributed by atoms with Crippen LogP contribution >= 0.6 is 11.8 Å². The Morgan fingerprint density at radius 3 is 1.71 bits per heavy atom. The van der Waals surface area contributed by atoms with Gasteiger partial charge in [0.1, 0.15) is 18.1 Å². The summed E-state index contributed by atoms with van der Waals surface area (Å²) < 4.78 is 0. The van der Waals surface area contributed by atoms with Crippen molar-refractivity contribution in [2.75, 3.05) is 12.0 Å². The number of carboxylic acid groups (broad SMARTS) is 3. The summed E-state index contributed by atoms with van der Waals surface area (Å²) in [5, 5.41) is 33.4. The summed E-state index contributed by atoms with van der Waals surface area (Å²) in [6, 6.07) is -5.94. The normalized spacial score (nSPS) is 14.1. The van der Waals surface area contributed by atoms with Crippen molar-refractivity contribution < 1.29 is 48.9 Å². The van der Waals surface area contributed by atoms with E-state index in [9.17, 15) is 33.6 Å². The van der Waals surface area contributed by atoms with Gasteiger partial charge in [0, 0.05) is 6.42 Å². The zero-order valence-electron chi connectivity index (χ0n) is 18.3. The Hall–Kier alpha value is -3.40. The zero-order valence-corrected chi connectivity index (χ0v) is 19.1. The maximum absolute atomic E-state index is 12.8. The number of primary amides is 1. The van der Waals surface area contributed by atoms with E-state index < -0.39 is 91.4 Å². The van der Waals surface area contributed by atoms with Gasteiger partial charge < -0.3 is 42.7 Å². The molecule has 0 heterocycles. The number of rotatable bonds is 17. The van der Waals surface area contributed by atoms with Gasteiger partial charge in [-0.3, -0.25) is 28.8 Å². The van der Waals surface area contributed by atoms with E-state index in [1.54, 1.807) is 6.26 Å². The predicted molar refractivity (Wildman–Crippen MR) is 117 cm³/mol. The number of hydrogen-bond donors (Lipinski definition) is 8. The van der Waals surface area contributed by atoms with Crippen molar-refractivity contribution in [3.05, 3.63) is 0 Å².